The van der Waals surface area contributed by atoms with E-state index in [1.807, 2.05) is 38.2 Å². The zero-order valence-electron chi connectivity index (χ0n) is 12.9. The van der Waals surface area contributed by atoms with E-state index in [1.165, 1.54) is 5.56 Å². The predicted octanol–water partition coefficient (Wildman–Crippen LogP) is 2.36. The third-order valence-corrected chi connectivity index (χ3v) is 3.36. The number of halogens is 1. The molecular formula is C16H25ClN2O2. The normalized spacial score (nSPS) is 11.4. The van der Waals surface area contributed by atoms with Crippen LogP contribution in [0.5, 0.6) is 0 Å². The Bertz CT molecular complexity index is 446. The van der Waals surface area contributed by atoms with E-state index in [0.29, 0.717) is 12.1 Å². The van der Waals surface area contributed by atoms with E-state index in [2.05, 4.69) is 17.6 Å². The van der Waals surface area contributed by atoms with E-state index in [9.17, 15) is 9.59 Å². The van der Waals surface area contributed by atoms with Gasteiger partial charge in [-0.2, -0.15) is 0 Å². The number of aryl methyl sites for hydroxylation is 1. The molecule has 21 heavy (non-hydrogen) atoms. The predicted molar refractivity (Wildman–Crippen MR) is 88.2 cm³/mol. The van der Waals surface area contributed by atoms with Gasteiger partial charge >= 0.3 is 0 Å². The highest BCUT2D eigenvalue weighted by Gasteiger charge is 2.09. The van der Waals surface area contributed by atoms with E-state index in [1.54, 1.807) is 0 Å². The number of hydrogen-bond acceptors (Lipinski definition) is 3. The third kappa shape index (κ3) is 7.25. The topological polar surface area (TPSA) is 58.2 Å². The average Bonchev–Trinajstić information content (AvgIpc) is 2.50. The van der Waals surface area contributed by atoms with Crippen molar-refractivity contribution >= 4 is 24.1 Å². The standard InChI is InChI=1S/C16H24N2O2.ClH/c1-4-13-5-7-14(8-6-13)15(19)9-10-16(20)18-11-12(2)17-3;/h5-8,12,17H,4,9-11H2,1-3H3,(H,18,20);1H. The second kappa shape index (κ2) is 10.4. The fraction of sp³-hybridized carbons (Fsp3) is 0.500. The number of amides is 1. The molecule has 0 aromatic heterocycles. The maximum atomic E-state index is 12.0. The molecule has 1 rings (SSSR count). The molecule has 0 spiro atoms. The van der Waals surface area contributed by atoms with E-state index < -0.39 is 0 Å². The second-order valence-electron chi connectivity index (χ2n) is 4.97. The summed E-state index contributed by atoms with van der Waals surface area (Å²) in [7, 11) is 1.85. The van der Waals surface area contributed by atoms with Crippen molar-refractivity contribution in [2.75, 3.05) is 13.6 Å². The molecule has 0 saturated heterocycles. The lowest BCUT2D eigenvalue weighted by Gasteiger charge is -2.11. The average molecular weight is 313 g/mol. The highest BCUT2D eigenvalue weighted by Crippen LogP contribution is 2.08. The van der Waals surface area contributed by atoms with Gasteiger partial charge in [0.1, 0.15) is 0 Å². The van der Waals surface area contributed by atoms with Gasteiger partial charge in [-0.1, -0.05) is 31.2 Å². The Kier molecular flexibility index (Phi) is 9.67. The minimum absolute atomic E-state index is 0. The summed E-state index contributed by atoms with van der Waals surface area (Å²) in [6.45, 7) is 4.64. The molecule has 1 unspecified atom stereocenters. The zero-order chi connectivity index (χ0) is 15.0. The Morgan fingerprint density at radius 2 is 1.76 bits per heavy atom. The molecule has 4 nitrogen and oxygen atoms in total. The van der Waals surface area contributed by atoms with Crippen molar-refractivity contribution in [3.8, 4) is 0 Å². The van der Waals surface area contributed by atoms with Crippen LogP contribution in [0.4, 0.5) is 0 Å². The zero-order valence-corrected chi connectivity index (χ0v) is 13.8. The fourth-order valence-electron chi connectivity index (χ4n) is 1.76. The van der Waals surface area contributed by atoms with Crippen molar-refractivity contribution in [2.45, 2.75) is 39.2 Å². The molecule has 0 radical (unpaired) electrons. The van der Waals surface area contributed by atoms with Gasteiger partial charge in [0.15, 0.2) is 5.78 Å². The first kappa shape index (κ1) is 19.6. The van der Waals surface area contributed by atoms with Gasteiger partial charge < -0.3 is 10.6 Å². The summed E-state index contributed by atoms with van der Waals surface area (Å²) >= 11 is 0. The number of ketones is 1. The van der Waals surface area contributed by atoms with Crippen LogP contribution in [-0.4, -0.2) is 31.3 Å². The Labute approximate surface area is 133 Å². The van der Waals surface area contributed by atoms with Crippen molar-refractivity contribution < 1.29 is 9.59 Å². The third-order valence-electron chi connectivity index (χ3n) is 3.36. The molecule has 118 valence electrons. The summed E-state index contributed by atoms with van der Waals surface area (Å²) in [6.07, 6.45) is 1.45. The molecule has 2 N–H and O–H groups in total. The van der Waals surface area contributed by atoms with Crippen LogP contribution in [0.3, 0.4) is 0 Å². The lowest BCUT2D eigenvalue weighted by atomic mass is 10.0. The molecule has 0 bridgehead atoms. The molecule has 0 fully saturated rings. The molecule has 0 saturated carbocycles. The van der Waals surface area contributed by atoms with Crippen LogP contribution in [0.1, 0.15) is 42.6 Å². The summed E-state index contributed by atoms with van der Waals surface area (Å²) in [5.74, 6) is -0.0601. The summed E-state index contributed by atoms with van der Waals surface area (Å²) < 4.78 is 0. The van der Waals surface area contributed by atoms with Gasteiger partial charge in [0.05, 0.1) is 0 Å². The molecular weight excluding hydrogens is 288 g/mol. The van der Waals surface area contributed by atoms with E-state index >= 15 is 0 Å². The summed E-state index contributed by atoms with van der Waals surface area (Å²) in [4.78, 5) is 23.6. The van der Waals surface area contributed by atoms with Crippen molar-refractivity contribution in [1.29, 1.82) is 0 Å². The number of nitrogens with one attached hydrogen (secondary N) is 2. The molecule has 1 aromatic rings. The fourth-order valence-corrected chi connectivity index (χ4v) is 1.76. The molecule has 1 aromatic carbocycles. The largest absolute Gasteiger partial charge is 0.355 e. The second-order valence-corrected chi connectivity index (χ2v) is 4.97. The number of benzene rings is 1. The quantitative estimate of drug-likeness (QED) is 0.725. The lowest BCUT2D eigenvalue weighted by molar-refractivity contribution is -0.121. The van der Waals surface area contributed by atoms with Crippen LogP contribution in [0.25, 0.3) is 0 Å². The number of carbonyl (C=O) groups is 2. The summed E-state index contributed by atoms with van der Waals surface area (Å²) in [6, 6.07) is 7.82. The smallest absolute Gasteiger partial charge is 0.220 e. The molecule has 0 aliphatic carbocycles. The van der Waals surface area contributed by atoms with E-state index in [-0.39, 0.29) is 43.0 Å². The summed E-state index contributed by atoms with van der Waals surface area (Å²) in [5.41, 5.74) is 1.89. The highest BCUT2D eigenvalue weighted by molar-refractivity contribution is 5.97. The molecule has 0 heterocycles. The van der Waals surface area contributed by atoms with E-state index in [0.717, 1.165) is 6.42 Å². The van der Waals surface area contributed by atoms with Crippen molar-refractivity contribution in [3.63, 3.8) is 0 Å². The number of hydrogen-bond donors (Lipinski definition) is 2. The van der Waals surface area contributed by atoms with Gasteiger partial charge in [-0.15, -0.1) is 12.4 Å². The van der Waals surface area contributed by atoms with Crippen LogP contribution in [0.2, 0.25) is 0 Å². The number of likely N-dealkylation sites (N-methyl/N-ethyl adjacent to an activating group) is 1. The first-order valence-corrected chi connectivity index (χ1v) is 7.13. The monoisotopic (exact) mass is 312 g/mol. The first-order chi connectivity index (χ1) is 9.56. The van der Waals surface area contributed by atoms with Crippen LogP contribution in [-0.2, 0) is 11.2 Å². The molecule has 1 amide bonds. The number of Topliss-reactive ketones (excluding diaryl/α,β-unsaturated/α-hetero) is 1. The number of rotatable bonds is 8. The van der Waals surface area contributed by atoms with Crippen LogP contribution in [0, 0.1) is 0 Å². The lowest BCUT2D eigenvalue weighted by Crippen LogP contribution is -2.37. The Hall–Kier alpha value is -1.39. The Morgan fingerprint density at radius 3 is 2.29 bits per heavy atom. The maximum absolute atomic E-state index is 12.0. The SMILES string of the molecule is CCc1ccc(C(=O)CCC(=O)NCC(C)NC)cc1.Cl. The van der Waals surface area contributed by atoms with Gasteiger partial charge in [-0.05, 0) is 26.0 Å². The van der Waals surface area contributed by atoms with Crippen LogP contribution < -0.4 is 10.6 Å². The van der Waals surface area contributed by atoms with Gasteiger partial charge in [0.2, 0.25) is 5.91 Å². The van der Waals surface area contributed by atoms with Crippen molar-refractivity contribution in [2.24, 2.45) is 0 Å². The molecule has 0 aliphatic heterocycles. The Morgan fingerprint density at radius 1 is 1.14 bits per heavy atom. The number of carbonyl (C=O) groups excluding carboxylic acids is 2. The van der Waals surface area contributed by atoms with Gasteiger partial charge in [-0.25, -0.2) is 0 Å². The van der Waals surface area contributed by atoms with Gasteiger partial charge in [-0.3, -0.25) is 9.59 Å². The Balaban J connectivity index is 0.00000400. The van der Waals surface area contributed by atoms with Crippen molar-refractivity contribution in [3.05, 3.63) is 35.4 Å². The van der Waals surface area contributed by atoms with Crippen LogP contribution in [0.15, 0.2) is 24.3 Å². The molecule has 1 atom stereocenters. The summed E-state index contributed by atoms with van der Waals surface area (Å²) in [5, 5.41) is 5.84. The molecule has 5 heteroatoms. The van der Waals surface area contributed by atoms with Gasteiger partial charge in [0, 0.05) is 31.0 Å². The van der Waals surface area contributed by atoms with Crippen molar-refractivity contribution in [1.82, 2.24) is 10.6 Å². The van der Waals surface area contributed by atoms with Gasteiger partial charge in [0.25, 0.3) is 0 Å². The minimum Gasteiger partial charge on any atom is -0.355 e. The molecule has 0 aliphatic rings. The first-order valence-electron chi connectivity index (χ1n) is 7.13. The maximum Gasteiger partial charge on any atom is 0.220 e. The van der Waals surface area contributed by atoms with Crippen LogP contribution >= 0.6 is 12.4 Å². The van der Waals surface area contributed by atoms with E-state index in [4.69, 9.17) is 0 Å². The highest BCUT2D eigenvalue weighted by atomic mass is 35.5. The minimum atomic E-state index is -0.0781.